The summed E-state index contributed by atoms with van der Waals surface area (Å²) in [5.41, 5.74) is 2.09. The summed E-state index contributed by atoms with van der Waals surface area (Å²) in [5.74, 6) is 5.81. The molecule has 0 aliphatic carbocycles. The SMILES string of the molecule is N#C[C@H](C#Cc1ccccc1)Cc1ccccc1. The van der Waals surface area contributed by atoms with Gasteiger partial charge in [-0.2, -0.15) is 5.26 Å². The quantitative estimate of drug-likeness (QED) is 0.726. The van der Waals surface area contributed by atoms with Crippen LogP contribution in [0.5, 0.6) is 0 Å². The predicted molar refractivity (Wildman–Crippen MR) is 72.6 cm³/mol. The zero-order chi connectivity index (χ0) is 12.6. The minimum atomic E-state index is -0.257. The van der Waals surface area contributed by atoms with Crippen LogP contribution >= 0.6 is 0 Å². The van der Waals surface area contributed by atoms with E-state index < -0.39 is 0 Å². The highest BCUT2D eigenvalue weighted by Crippen LogP contribution is 2.07. The standard InChI is InChI=1S/C17H13N/c18-14-17(13-16-9-5-2-6-10-16)12-11-15-7-3-1-4-8-15/h1-10,17H,13H2/t17-/m1/s1. The molecule has 0 aromatic heterocycles. The highest BCUT2D eigenvalue weighted by molar-refractivity contribution is 5.35. The average Bonchev–Trinajstić information content (AvgIpc) is 2.45. The van der Waals surface area contributed by atoms with Crippen LogP contribution in [0.2, 0.25) is 0 Å². The van der Waals surface area contributed by atoms with Gasteiger partial charge in [0, 0.05) is 5.56 Å². The molecule has 2 aromatic rings. The highest BCUT2D eigenvalue weighted by Gasteiger charge is 2.03. The topological polar surface area (TPSA) is 23.8 Å². The molecular weight excluding hydrogens is 218 g/mol. The Balaban J connectivity index is 2.08. The van der Waals surface area contributed by atoms with Gasteiger partial charge in [0.15, 0.2) is 0 Å². The molecule has 1 nitrogen and oxygen atoms in total. The van der Waals surface area contributed by atoms with Crippen molar-refractivity contribution in [2.75, 3.05) is 0 Å². The van der Waals surface area contributed by atoms with Gasteiger partial charge in [0.1, 0.15) is 5.92 Å². The smallest absolute Gasteiger partial charge is 0.111 e. The average molecular weight is 231 g/mol. The number of nitriles is 1. The Morgan fingerprint density at radius 3 is 2.11 bits per heavy atom. The van der Waals surface area contributed by atoms with E-state index in [2.05, 4.69) is 17.9 Å². The molecule has 0 spiro atoms. The molecule has 0 N–H and O–H groups in total. The van der Waals surface area contributed by atoms with E-state index in [0.29, 0.717) is 6.42 Å². The lowest BCUT2D eigenvalue weighted by atomic mass is 10.0. The summed E-state index contributed by atoms with van der Waals surface area (Å²) in [4.78, 5) is 0. The van der Waals surface area contributed by atoms with Crippen LogP contribution in [-0.4, -0.2) is 0 Å². The zero-order valence-electron chi connectivity index (χ0n) is 10.0. The normalized spacial score (nSPS) is 10.8. The predicted octanol–water partition coefficient (Wildman–Crippen LogP) is 3.42. The van der Waals surface area contributed by atoms with Gasteiger partial charge in [0.05, 0.1) is 6.07 Å². The van der Waals surface area contributed by atoms with Crippen LogP contribution in [0.3, 0.4) is 0 Å². The second kappa shape index (κ2) is 6.28. The summed E-state index contributed by atoms with van der Waals surface area (Å²) < 4.78 is 0. The van der Waals surface area contributed by atoms with Crippen molar-refractivity contribution in [3.05, 3.63) is 71.8 Å². The van der Waals surface area contributed by atoms with Crippen molar-refractivity contribution < 1.29 is 0 Å². The van der Waals surface area contributed by atoms with E-state index >= 15 is 0 Å². The van der Waals surface area contributed by atoms with Gasteiger partial charge in [-0.3, -0.25) is 0 Å². The molecule has 0 radical (unpaired) electrons. The first kappa shape index (κ1) is 12.0. The molecule has 0 aliphatic rings. The maximum Gasteiger partial charge on any atom is 0.111 e. The molecule has 0 heterocycles. The number of hydrogen-bond donors (Lipinski definition) is 0. The van der Waals surface area contributed by atoms with Crippen molar-refractivity contribution in [3.63, 3.8) is 0 Å². The van der Waals surface area contributed by atoms with Crippen molar-refractivity contribution in [2.24, 2.45) is 5.92 Å². The van der Waals surface area contributed by atoms with Gasteiger partial charge >= 0.3 is 0 Å². The van der Waals surface area contributed by atoms with Crippen LogP contribution < -0.4 is 0 Å². The lowest BCUT2D eigenvalue weighted by Crippen LogP contribution is -1.98. The Bertz CT molecular complexity index is 582. The molecule has 0 amide bonds. The fraction of sp³-hybridized carbons (Fsp3) is 0.118. The number of benzene rings is 2. The second-order valence-corrected chi connectivity index (χ2v) is 4.01. The molecule has 2 aromatic carbocycles. The van der Waals surface area contributed by atoms with Crippen LogP contribution in [-0.2, 0) is 6.42 Å². The number of rotatable bonds is 2. The molecule has 18 heavy (non-hydrogen) atoms. The first-order valence-corrected chi connectivity index (χ1v) is 5.88. The monoisotopic (exact) mass is 231 g/mol. The fourth-order valence-electron chi connectivity index (χ4n) is 1.67. The number of hydrogen-bond acceptors (Lipinski definition) is 1. The first-order valence-electron chi connectivity index (χ1n) is 5.88. The summed E-state index contributed by atoms with van der Waals surface area (Å²) in [6.45, 7) is 0. The Labute approximate surface area is 108 Å². The molecule has 1 atom stereocenters. The summed E-state index contributed by atoms with van der Waals surface area (Å²) in [6, 6.07) is 22.0. The second-order valence-electron chi connectivity index (χ2n) is 4.01. The molecule has 0 fully saturated rings. The Kier molecular flexibility index (Phi) is 4.17. The van der Waals surface area contributed by atoms with E-state index in [-0.39, 0.29) is 5.92 Å². The largest absolute Gasteiger partial charge is 0.197 e. The Hall–Kier alpha value is -2.51. The van der Waals surface area contributed by atoms with Gasteiger partial charge in [-0.05, 0) is 24.1 Å². The van der Waals surface area contributed by atoms with Crippen molar-refractivity contribution >= 4 is 0 Å². The Morgan fingerprint density at radius 1 is 0.889 bits per heavy atom. The molecule has 0 aliphatic heterocycles. The van der Waals surface area contributed by atoms with E-state index in [1.165, 1.54) is 0 Å². The van der Waals surface area contributed by atoms with Crippen LogP contribution in [0.1, 0.15) is 11.1 Å². The third-order valence-electron chi connectivity index (χ3n) is 2.60. The van der Waals surface area contributed by atoms with Gasteiger partial charge in [0.25, 0.3) is 0 Å². The molecule has 1 heteroatoms. The minimum Gasteiger partial charge on any atom is -0.197 e. The minimum absolute atomic E-state index is 0.257. The van der Waals surface area contributed by atoms with E-state index in [4.69, 9.17) is 5.26 Å². The third kappa shape index (κ3) is 3.51. The van der Waals surface area contributed by atoms with Gasteiger partial charge in [-0.1, -0.05) is 60.4 Å². The third-order valence-corrected chi connectivity index (χ3v) is 2.60. The molecule has 86 valence electrons. The molecule has 0 unspecified atom stereocenters. The van der Waals surface area contributed by atoms with Crippen LogP contribution in [0.15, 0.2) is 60.7 Å². The summed E-state index contributed by atoms with van der Waals surface area (Å²) in [5, 5.41) is 9.11. The van der Waals surface area contributed by atoms with E-state index in [9.17, 15) is 0 Å². The van der Waals surface area contributed by atoms with Crippen molar-refractivity contribution in [3.8, 4) is 17.9 Å². The molecule has 2 rings (SSSR count). The van der Waals surface area contributed by atoms with Crippen LogP contribution in [0.4, 0.5) is 0 Å². The lowest BCUT2D eigenvalue weighted by Gasteiger charge is -2.01. The molecule has 0 saturated heterocycles. The van der Waals surface area contributed by atoms with Gasteiger partial charge in [-0.25, -0.2) is 0 Å². The van der Waals surface area contributed by atoms with Gasteiger partial charge in [-0.15, -0.1) is 0 Å². The van der Waals surface area contributed by atoms with E-state index in [1.54, 1.807) is 0 Å². The van der Waals surface area contributed by atoms with Crippen molar-refractivity contribution in [1.82, 2.24) is 0 Å². The van der Waals surface area contributed by atoms with Crippen LogP contribution in [0.25, 0.3) is 0 Å². The van der Waals surface area contributed by atoms with Gasteiger partial charge in [0.2, 0.25) is 0 Å². The Morgan fingerprint density at radius 2 is 1.50 bits per heavy atom. The van der Waals surface area contributed by atoms with Crippen molar-refractivity contribution in [1.29, 1.82) is 5.26 Å². The molecule has 0 bridgehead atoms. The lowest BCUT2D eigenvalue weighted by molar-refractivity contribution is 0.847. The highest BCUT2D eigenvalue weighted by atomic mass is 14.3. The summed E-state index contributed by atoms with van der Waals surface area (Å²) in [6.07, 6.45) is 0.678. The molecular formula is C17H13N. The van der Waals surface area contributed by atoms with Crippen molar-refractivity contribution in [2.45, 2.75) is 6.42 Å². The van der Waals surface area contributed by atoms with Crippen LogP contribution in [0, 0.1) is 29.1 Å². The molecule has 0 saturated carbocycles. The summed E-state index contributed by atoms with van der Waals surface area (Å²) >= 11 is 0. The first-order chi connectivity index (χ1) is 8.88. The fourth-order valence-corrected chi connectivity index (χ4v) is 1.67. The van der Waals surface area contributed by atoms with E-state index in [1.807, 2.05) is 60.7 Å². The van der Waals surface area contributed by atoms with E-state index in [0.717, 1.165) is 11.1 Å². The van der Waals surface area contributed by atoms with Gasteiger partial charge < -0.3 is 0 Å². The number of nitrogens with zero attached hydrogens (tertiary/aromatic N) is 1. The zero-order valence-corrected chi connectivity index (χ0v) is 10.0. The maximum absolute atomic E-state index is 9.11. The summed E-state index contributed by atoms with van der Waals surface area (Å²) in [7, 11) is 0. The maximum atomic E-state index is 9.11.